The van der Waals surface area contributed by atoms with E-state index >= 15 is 0 Å². The number of carbonyl (C=O) groups excluding carboxylic acids is 3. The molecule has 10 atom stereocenters. The lowest BCUT2D eigenvalue weighted by Crippen LogP contribution is -2.71. The highest BCUT2D eigenvalue weighted by Gasteiger charge is 2.68. The second-order valence-corrected chi connectivity index (χ2v) is 15.7. The van der Waals surface area contributed by atoms with Crippen LogP contribution in [-0.2, 0) is 19.0 Å². The van der Waals surface area contributed by atoms with Gasteiger partial charge in [0.1, 0.15) is 23.9 Å². The Morgan fingerprint density at radius 2 is 1.43 bits per heavy atom. The molecular weight excluding hydrogens is 690 g/mol. The van der Waals surface area contributed by atoms with Crippen molar-refractivity contribution < 1.29 is 49.0 Å². The quantitative estimate of drug-likeness (QED) is 0.153. The van der Waals surface area contributed by atoms with Crippen molar-refractivity contribution in [2.24, 2.45) is 16.7 Å². The Morgan fingerprint density at radius 3 is 2.02 bits per heavy atom. The third kappa shape index (κ3) is 6.88. The highest BCUT2D eigenvalue weighted by atomic mass is 16.6. The molecule has 6 rings (SSSR count). The maximum absolute atomic E-state index is 14.1. The van der Waals surface area contributed by atoms with E-state index in [1.165, 1.54) is 7.11 Å². The van der Waals surface area contributed by atoms with Gasteiger partial charge in [-0.1, -0.05) is 93.9 Å². The highest BCUT2D eigenvalue weighted by molar-refractivity contribution is 5.95. The van der Waals surface area contributed by atoms with Gasteiger partial charge < -0.3 is 40.0 Å². The number of rotatable bonds is 9. The molecule has 3 aromatic rings. The van der Waals surface area contributed by atoms with Crippen molar-refractivity contribution in [1.29, 1.82) is 0 Å². The van der Waals surface area contributed by atoms with Crippen LogP contribution < -0.4 is 5.32 Å². The standard InChI is InChI=1S/C43H51NO10/c1-25-30(53-40(50)35(46)33(26-16-9-6-10-17-26)44-38(48)27-18-11-7-12-19-27)24-43(51)37(54-39(49)28-20-13-8-14-21-28)32-29(52-5)22-15-23-42(32,4)36(47)34(45)31(25)41(43,2)3/h6-14,16-21,29-30,32-37,45-47,51H,15,22-24H2,1-5H3,(H,44,48)/t29-,30+,32?,33+,34-,35-,36+,37+,42-,43-/m1/s1. The number of methoxy groups -OCH3 is 1. The molecule has 5 N–H and O–H groups in total. The Hall–Kier alpha value is -4.39. The number of ether oxygens (including phenoxy) is 3. The zero-order valence-electron chi connectivity index (χ0n) is 31.3. The van der Waals surface area contributed by atoms with Crippen molar-refractivity contribution in [2.45, 2.75) is 102 Å². The summed E-state index contributed by atoms with van der Waals surface area (Å²) >= 11 is 0. The molecular formula is C43H51NO10. The predicted molar refractivity (Wildman–Crippen MR) is 199 cm³/mol. The number of amides is 1. The maximum Gasteiger partial charge on any atom is 0.338 e. The van der Waals surface area contributed by atoms with Crippen LogP contribution in [0.5, 0.6) is 0 Å². The van der Waals surface area contributed by atoms with Crippen LogP contribution in [0.4, 0.5) is 0 Å². The van der Waals surface area contributed by atoms with E-state index < -0.39 is 82.9 Å². The van der Waals surface area contributed by atoms with E-state index in [4.69, 9.17) is 14.2 Å². The molecule has 1 unspecified atom stereocenters. The molecule has 11 nitrogen and oxygen atoms in total. The highest BCUT2D eigenvalue weighted by Crippen LogP contribution is 2.61. The minimum absolute atomic E-state index is 0.244. The van der Waals surface area contributed by atoms with Gasteiger partial charge in [-0.15, -0.1) is 0 Å². The third-order valence-corrected chi connectivity index (χ3v) is 12.4. The fourth-order valence-electron chi connectivity index (χ4n) is 9.31. The van der Waals surface area contributed by atoms with Crippen LogP contribution in [0.2, 0.25) is 0 Å². The SMILES string of the molecule is CO[C@@H]1CCC[C@]2(C)C1[C@H](OC(=O)c1ccccc1)[C@]1(O)C[C@H](OC(=O)[C@H](O)[C@@H](NC(=O)c3ccccc3)c3ccccc3)C(C)=C([C@@H](O)[C@@H]2O)C1(C)C. The first-order valence-electron chi connectivity index (χ1n) is 18.5. The lowest BCUT2D eigenvalue weighted by molar-refractivity contribution is -0.251. The minimum atomic E-state index is -2.00. The van der Waals surface area contributed by atoms with E-state index in [1.54, 1.807) is 112 Å². The molecule has 0 aliphatic heterocycles. The Bertz CT molecular complexity index is 1850. The van der Waals surface area contributed by atoms with Crippen LogP contribution in [0, 0.1) is 16.7 Å². The molecule has 3 aliphatic carbocycles. The summed E-state index contributed by atoms with van der Waals surface area (Å²) in [5.74, 6) is -3.10. The second-order valence-electron chi connectivity index (χ2n) is 15.7. The topological polar surface area (TPSA) is 172 Å². The summed E-state index contributed by atoms with van der Waals surface area (Å²) in [5, 5.41) is 51.9. The van der Waals surface area contributed by atoms with E-state index in [9.17, 15) is 34.8 Å². The van der Waals surface area contributed by atoms with Gasteiger partial charge in [0.15, 0.2) is 6.10 Å². The van der Waals surface area contributed by atoms with E-state index in [1.807, 2.05) is 6.92 Å². The average molecular weight is 742 g/mol. The fraction of sp³-hybridized carbons (Fsp3) is 0.465. The molecule has 3 aromatic carbocycles. The van der Waals surface area contributed by atoms with Gasteiger partial charge in [-0.2, -0.15) is 0 Å². The normalized spacial score (nSPS) is 31.5. The first-order valence-corrected chi connectivity index (χ1v) is 18.5. The van der Waals surface area contributed by atoms with Gasteiger partial charge in [-0.05, 0) is 60.7 Å². The van der Waals surface area contributed by atoms with Crippen LogP contribution in [0.25, 0.3) is 0 Å². The number of aliphatic hydroxyl groups is 4. The van der Waals surface area contributed by atoms with Crippen molar-refractivity contribution in [3.05, 3.63) is 119 Å². The summed E-state index contributed by atoms with van der Waals surface area (Å²) in [5.41, 5.74) is -2.75. The summed E-state index contributed by atoms with van der Waals surface area (Å²) < 4.78 is 18.4. The molecule has 2 bridgehead atoms. The van der Waals surface area contributed by atoms with Gasteiger partial charge >= 0.3 is 11.9 Å². The van der Waals surface area contributed by atoms with Crippen molar-refractivity contribution in [2.75, 3.05) is 7.11 Å². The summed E-state index contributed by atoms with van der Waals surface area (Å²) in [6, 6.07) is 24.1. The lowest BCUT2D eigenvalue weighted by atomic mass is 9.48. The molecule has 3 aliphatic rings. The predicted octanol–water partition coefficient (Wildman–Crippen LogP) is 4.69. The number of benzene rings is 3. The van der Waals surface area contributed by atoms with Crippen LogP contribution in [0.3, 0.4) is 0 Å². The third-order valence-electron chi connectivity index (χ3n) is 12.4. The van der Waals surface area contributed by atoms with Crippen molar-refractivity contribution in [1.82, 2.24) is 5.32 Å². The van der Waals surface area contributed by atoms with Crippen molar-refractivity contribution >= 4 is 17.8 Å². The molecule has 11 heteroatoms. The van der Waals surface area contributed by atoms with Crippen LogP contribution in [0.1, 0.15) is 85.7 Å². The van der Waals surface area contributed by atoms with Gasteiger partial charge in [0.05, 0.1) is 23.8 Å². The first kappa shape index (κ1) is 39.3. The van der Waals surface area contributed by atoms with Gasteiger partial charge in [0.25, 0.3) is 5.91 Å². The Morgan fingerprint density at radius 1 is 0.852 bits per heavy atom. The summed E-state index contributed by atoms with van der Waals surface area (Å²) in [6.07, 6.45) is -6.52. The first-order chi connectivity index (χ1) is 25.7. The van der Waals surface area contributed by atoms with Crippen LogP contribution >= 0.6 is 0 Å². The molecule has 0 spiro atoms. The molecule has 1 amide bonds. The molecule has 0 aromatic heterocycles. The van der Waals surface area contributed by atoms with Gasteiger partial charge in [-0.25, -0.2) is 9.59 Å². The number of hydrogen-bond donors (Lipinski definition) is 5. The number of carbonyl (C=O) groups is 3. The largest absolute Gasteiger partial charge is 0.456 e. The zero-order chi connectivity index (χ0) is 39.0. The van der Waals surface area contributed by atoms with E-state index in [2.05, 4.69) is 5.32 Å². The number of nitrogens with one attached hydrogen (secondary N) is 1. The Balaban J connectivity index is 1.41. The van der Waals surface area contributed by atoms with E-state index in [-0.39, 0.29) is 17.6 Å². The molecule has 2 saturated carbocycles. The average Bonchev–Trinajstić information content (AvgIpc) is 3.18. The molecule has 2 fully saturated rings. The lowest BCUT2D eigenvalue weighted by Gasteiger charge is -2.62. The molecule has 0 heterocycles. The van der Waals surface area contributed by atoms with Gasteiger partial charge in [-0.3, -0.25) is 4.79 Å². The number of hydrogen-bond acceptors (Lipinski definition) is 10. The Kier molecular flexibility index (Phi) is 11.2. The summed E-state index contributed by atoms with van der Waals surface area (Å²) in [4.78, 5) is 41.2. The second kappa shape index (κ2) is 15.4. The van der Waals surface area contributed by atoms with Gasteiger partial charge in [0.2, 0.25) is 0 Å². The molecule has 288 valence electrons. The van der Waals surface area contributed by atoms with E-state index in [0.29, 0.717) is 36.0 Å². The van der Waals surface area contributed by atoms with E-state index in [0.717, 1.165) is 0 Å². The smallest absolute Gasteiger partial charge is 0.338 e. The van der Waals surface area contributed by atoms with Crippen molar-refractivity contribution in [3.63, 3.8) is 0 Å². The number of esters is 2. The Labute approximate surface area is 316 Å². The fourth-order valence-corrected chi connectivity index (χ4v) is 9.31. The minimum Gasteiger partial charge on any atom is -0.456 e. The molecule has 54 heavy (non-hydrogen) atoms. The van der Waals surface area contributed by atoms with Crippen LogP contribution in [-0.4, -0.2) is 87.6 Å². The number of fused-ring (bicyclic) bond motifs is 3. The summed E-state index contributed by atoms with van der Waals surface area (Å²) in [6.45, 7) is 6.93. The zero-order valence-corrected chi connectivity index (χ0v) is 31.3. The summed E-state index contributed by atoms with van der Waals surface area (Å²) in [7, 11) is 1.53. The maximum atomic E-state index is 14.1. The van der Waals surface area contributed by atoms with Gasteiger partial charge in [0, 0.05) is 35.8 Å². The molecule has 0 saturated heterocycles. The number of aliphatic hydroxyl groups excluding tert-OH is 3. The molecule has 0 radical (unpaired) electrons. The van der Waals surface area contributed by atoms with Crippen molar-refractivity contribution in [3.8, 4) is 0 Å². The van der Waals surface area contributed by atoms with Crippen LogP contribution in [0.15, 0.2) is 102 Å². The monoisotopic (exact) mass is 741 g/mol.